The van der Waals surface area contributed by atoms with E-state index in [1.54, 1.807) is 24.3 Å². The maximum Gasteiger partial charge on any atom is 0.266 e. The number of aryl methyl sites for hydroxylation is 2. The molecule has 0 atom stereocenters. The number of carbonyl (C=O) groups excluding carboxylic acids is 1. The molecule has 0 aromatic heterocycles. The zero-order valence-electron chi connectivity index (χ0n) is 18.1. The SMILES string of the molecule is COc1cc(/C=C(\C#N)C(=O)Nc2ccc(C)cc2)cc(Cl)c1OCc1ccccc1C. The quantitative estimate of drug-likeness (QED) is 0.352. The molecule has 32 heavy (non-hydrogen) atoms. The molecule has 0 fully saturated rings. The van der Waals surface area contributed by atoms with Gasteiger partial charge in [0.2, 0.25) is 0 Å². The van der Waals surface area contributed by atoms with Crippen LogP contribution < -0.4 is 14.8 Å². The van der Waals surface area contributed by atoms with E-state index in [0.717, 1.165) is 16.7 Å². The summed E-state index contributed by atoms with van der Waals surface area (Å²) >= 11 is 6.45. The Hall–Kier alpha value is -3.75. The summed E-state index contributed by atoms with van der Waals surface area (Å²) in [7, 11) is 1.51. The van der Waals surface area contributed by atoms with Crippen LogP contribution in [0.5, 0.6) is 11.5 Å². The van der Waals surface area contributed by atoms with E-state index in [9.17, 15) is 10.1 Å². The highest BCUT2D eigenvalue weighted by Crippen LogP contribution is 2.37. The lowest BCUT2D eigenvalue weighted by Crippen LogP contribution is -2.13. The number of hydrogen-bond acceptors (Lipinski definition) is 4. The molecule has 0 radical (unpaired) electrons. The van der Waals surface area contributed by atoms with Gasteiger partial charge in [-0.25, -0.2) is 0 Å². The molecule has 1 amide bonds. The van der Waals surface area contributed by atoms with Gasteiger partial charge in [-0.3, -0.25) is 4.79 Å². The van der Waals surface area contributed by atoms with Gasteiger partial charge in [-0.1, -0.05) is 53.6 Å². The van der Waals surface area contributed by atoms with Crippen LogP contribution in [0.2, 0.25) is 5.02 Å². The second-order valence-corrected chi connectivity index (χ2v) is 7.65. The molecule has 0 aliphatic rings. The molecule has 0 bridgehead atoms. The predicted octanol–water partition coefficient (Wildman–Crippen LogP) is 6.09. The molecule has 162 valence electrons. The third-order valence-corrected chi connectivity index (χ3v) is 5.15. The fourth-order valence-corrected chi connectivity index (χ4v) is 3.31. The largest absolute Gasteiger partial charge is 0.493 e. The van der Waals surface area contributed by atoms with Crippen LogP contribution in [-0.2, 0) is 11.4 Å². The Balaban J connectivity index is 1.82. The van der Waals surface area contributed by atoms with Crippen molar-refractivity contribution in [2.75, 3.05) is 12.4 Å². The van der Waals surface area contributed by atoms with Crippen molar-refractivity contribution >= 4 is 29.3 Å². The Bertz CT molecular complexity index is 1190. The molecule has 3 rings (SSSR count). The van der Waals surface area contributed by atoms with Crippen molar-refractivity contribution in [3.05, 3.63) is 93.5 Å². The van der Waals surface area contributed by atoms with Gasteiger partial charge in [0.1, 0.15) is 18.2 Å². The highest BCUT2D eigenvalue weighted by atomic mass is 35.5. The van der Waals surface area contributed by atoms with Crippen molar-refractivity contribution in [1.82, 2.24) is 0 Å². The van der Waals surface area contributed by atoms with Crippen LogP contribution in [-0.4, -0.2) is 13.0 Å². The number of hydrogen-bond donors (Lipinski definition) is 1. The maximum absolute atomic E-state index is 12.5. The number of halogens is 1. The lowest BCUT2D eigenvalue weighted by molar-refractivity contribution is -0.112. The van der Waals surface area contributed by atoms with Crippen LogP contribution in [0.15, 0.2) is 66.2 Å². The standard InChI is InChI=1S/C26H23ClN2O3/c1-17-8-10-22(11-9-17)29-26(30)21(15-28)12-19-13-23(27)25(24(14-19)31-3)32-16-20-7-5-4-6-18(20)2/h4-14H,16H2,1-3H3,(H,29,30)/b21-12+. The molecule has 0 saturated carbocycles. The van der Waals surface area contributed by atoms with E-state index in [4.69, 9.17) is 21.1 Å². The minimum absolute atomic E-state index is 0.0581. The van der Waals surface area contributed by atoms with E-state index in [1.165, 1.54) is 13.2 Å². The first kappa shape index (κ1) is 22.9. The molecule has 3 aromatic carbocycles. The van der Waals surface area contributed by atoms with Gasteiger partial charge in [-0.2, -0.15) is 5.26 Å². The summed E-state index contributed by atoms with van der Waals surface area (Å²) in [6.45, 7) is 4.30. The van der Waals surface area contributed by atoms with Crippen LogP contribution >= 0.6 is 11.6 Å². The molecule has 0 unspecified atom stereocenters. The van der Waals surface area contributed by atoms with Crippen molar-refractivity contribution in [1.29, 1.82) is 5.26 Å². The molecule has 6 heteroatoms. The van der Waals surface area contributed by atoms with Gasteiger partial charge in [-0.05, 0) is 60.9 Å². The molecule has 0 aliphatic carbocycles. The minimum atomic E-state index is -0.508. The van der Waals surface area contributed by atoms with Crippen molar-refractivity contribution in [3.63, 3.8) is 0 Å². The summed E-state index contributed by atoms with van der Waals surface area (Å²) in [5.74, 6) is 0.303. The number of benzene rings is 3. The zero-order valence-corrected chi connectivity index (χ0v) is 18.9. The lowest BCUT2D eigenvalue weighted by Gasteiger charge is -2.14. The first-order chi connectivity index (χ1) is 15.4. The minimum Gasteiger partial charge on any atom is -0.493 e. The summed E-state index contributed by atoms with van der Waals surface area (Å²) < 4.78 is 11.4. The normalized spacial score (nSPS) is 10.9. The van der Waals surface area contributed by atoms with E-state index in [0.29, 0.717) is 34.4 Å². The van der Waals surface area contributed by atoms with Gasteiger partial charge in [0.05, 0.1) is 12.1 Å². The summed E-state index contributed by atoms with van der Waals surface area (Å²) in [5.41, 5.74) is 4.32. The predicted molar refractivity (Wildman–Crippen MR) is 127 cm³/mol. The maximum atomic E-state index is 12.5. The molecular weight excluding hydrogens is 424 g/mol. The first-order valence-electron chi connectivity index (χ1n) is 9.96. The second kappa shape index (κ2) is 10.5. The molecule has 0 spiro atoms. The van der Waals surface area contributed by atoms with Gasteiger partial charge in [-0.15, -0.1) is 0 Å². The number of ether oxygens (including phenoxy) is 2. The Morgan fingerprint density at radius 3 is 2.50 bits per heavy atom. The van der Waals surface area contributed by atoms with Crippen molar-refractivity contribution in [3.8, 4) is 17.6 Å². The number of methoxy groups -OCH3 is 1. The summed E-state index contributed by atoms with van der Waals surface area (Å²) in [4.78, 5) is 12.5. The average molecular weight is 447 g/mol. The highest BCUT2D eigenvalue weighted by Gasteiger charge is 2.15. The molecular formula is C26H23ClN2O3. The van der Waals surface area contributed by atoms with Crippen LogP contribution in [0.3, 0.4) is 0 Å². The highest BCUT2D eigenvalue weighted by molar-refractivity contribution is 6.32. The Morgan fingerprint density at radius 1 is 1.12 bits per heavy atom. The van der Waals surface area contributed by atoms with Gasteiger partial charge >= 0.3 is 0 Å². The molecule has 5 nitrogen and oxygen atoms in total. The van der Waals surface area contributed by atoms with Gasteiger partial charge in [0, 0.05) is 5.69 Å². The Labute approximate surface area is 192 Å². The number of nitriles is 1. The third-order valence-electron chi connectivity index (χ3n) is 4.87. The summed E-state index contributed by atoms with van der Waals surface area (Å²) in [6, 6.07) is 20.5. The van der Waals surface area contributed by atoms with Crippen molar-refractivity contribution in [2.24, 2.45) is 0 Å². The van der Waals surface area contributed by atoms with E-state index < -0.39 is 5.91 Å². The van der Waals surface area contributed by atoms with E-state index in [1.807, 2.05) is 56.3 Å². The van der Waals surface area contributed by atoms with Gasteiger partial charge in [0.25, 0.3) is 5.91 Å². The number of nitrogens with one attached hydrogen (secondary N) is 1. The van der Waals surface area contributed by atoms with Crippen molar-refractivity contribution in [2.45, 2.75) is 20.5 Å². The second-order valence-electron chi connectivity index (χ2n) is 7.24. The number of amides is 1. The first-order valence-corrected chi connectivity index (χ1v) is 10.3. The number of carbonyl (C=O) groups is 1. The molecule has 0 aliphatic heterocycles. The number of rotatable bonds is 7. The zero-order chi connectivity index (χ0) is 23.1. The average Bonchev–Trinajstić information content (AvgIpc) is 2.78. The van der Waals surface area contributed by atoms with E-state index in [-0.39, 0.29) is 5.57 Å². The van der Waals surface area contributed by atoms with E-state index >= 15 is 0 Å². The van der Waals surface area contributed by atoms with Crippen molar-refractivity contribution < 1.29 is 14.3 Å². The number of anilines is 1. The Morgan fingerprint density at radius 2 is 1.84 bits per heavy atom. The van der Waals surface area contributed by atoms with Gasteiger partial charge < -0.3 is 14.8 Å². The van der Waals surface area contributed by atoms with Crippen LogP contribution in [0, 0.1) is 25.2 Å². The summed E-state index contributed by atoms with van der Waals surface area (Å²) in [6.07, 6.45) is 1.46. The molecule has 0 saturated heterocycles. The third kappa shape index (κ3) is 5.69. The topological polar surface area (TPSA) is 71.3 Å². The lowest BCUT2D eigenvalue weighted by atomic mass is 10.1. The van der Waals surface area contributed by atoms with Crippen LogP contribution in [0.25, 0.3) is 6.08 Å². The molecule has 1 N–H and O–H groups in total. The van der Waals surface area contributed by atoms with Crippen LogP contribution in [0.4, 0.5) is 5.69 Å². The number of nitrogens with zero attached hydrogens (tertiary/aromatic N) is 1. The summed E-state index contributed by atoms with van der Waals surface area (Å²) in [5, 5.41) is 12.5. The fraction of sp³-hybridized carbons (Fsp3) is 0.154. The smallest absolute Gasteiger partial charge is 0.266 e. The molecule has 3 aromatic rings. The molecule has 0 heterocycles. The van der Waals surface area contributed by atoms with E-state index in [2.05, 4.69) is 5.32 Å². The fourth-order valence-electron chi connectivity index (χ4n) is 3.04. The van der Waals surface area contributed by atoms with Crippen LogP contribution in [0.1, 0.15) is 22.3 Å². The monoisotopic (exact) mass is 446 g/mol. The Kier molecular flexibility index (Phi) is 7.54. The van der Waals surface area contributed by atoms with Gasteiger partial charge in [0.15, 0.2) is 11.5 Å².